The highest BCUT2D eigenvalue weighted by atomic mass is 16.5. The van der Waals surface area contributed by atoms with Gasteiger partial charge in [0.05, 0.1) is 13.5 Å². The monoisotopic (exact) mass is 383 g/mol. The summed E-state index contributed by atoms with van der Waals surface area (Å²) in [7, 11) is 1.56. The molecular formula is C22H25NO5. The maximum atomic E-state index is 12.3. The molecule has 0 spiro atoms. The normalized spacial score (nSPS) is 11.4. The number of carbonyl (C=O) groups is 3. The number of Topliss-reactive ketones (excluding diaryl/α,β-unsaturated/α-hetero) is 1. The zero-order valence-corrected chi connectivity index (χ0v) is 16.6. The maximum Gasteiger partial charge on any atom is 0.307 e. The lowest BCUT2D eigenvalue weighted by molar-refractivity contribution is -0.153. The summed E-state index contributed by atoms with van der Waals surface area (Å²) >= 11 is 0. The standard InChI is InChI=1S/C22H25NO5/c1-14-5-6-15(2)19(13-14)20(24)11-12-21(25)28-16(3)22(26)23-17-7-9-18(27-4)10-8-17/h5-10,13,16H,11-12H2,1-4H3,(H,23,26)/t16-/m1/s1. The largest absolute Gasteiger partial charge is 0.497 e. The molecule has 0 fully saturated rings. The molecule has 1 amide bonds. The first-order valence-corrected chi connectivity index (χ1v) is 9.05. The fourth-order valence-corrected chi connectivity index (χ4v) is 2.61. The Morgan fingerprint density at radius 1 is 1.00 bits per heavy atom. The molecule has 0 aliphatic heterocycles. The molecule has 2 aromatic rings. The van der Waals surface area contributed by atoms with E-state index in [0.29, 0.717) is 17.0 Å². The van der Waals surface area contributed by atoms with Gasteiger partial charge in [0.25, 0.3) is 5.91 Å². The van der Waals surface area contributed by atoms with Gasteiger partial charge in [0.15, 0.2) is 11.9 Å². The Kier molecular flexibility index (Phi) is 7.32. The molecule has 0 aliphatic rings. The van der Waals surface area contributed by atoms with E-state index in [9.17, 15) is 14.4 Å². The minimum atomic E-state index is -0.967. The third kappa shape index (κ3) is 5.94. The van der Waals surface area contributed by atoms with Gasteiger partial charge in [-0.15, -0.1) is 0 Å². The number of rotatable bonds is 8. The van der Waals surface area contributed by atoms with E-state index in [1.807, 2.05) is 32.0 Å². The van der Waals surface area contributed by atoms with Crippen molar-refractivity contribution in [3.63, 3.8) is 0 Å². The van der Waals surface area contributed by atoms with Crippen LogP contribution >= 0.6 is 0 Å². The zero-order chi connectivity index (χ0) is 20.7. The maximum absolute atomic E-state index is 12.3. The molecule has 28 heavy (non-hydrogen) atoms. The highest BCUT2D eigenvalue weighted by molar-refractivity contribution is 5.99. The summed E-state index contributed by atoms with van der Waals surface area (Å²) in [4.78, 5) is 36.5. The number of amides is 1. The van der Waals surface area contributed by atoms with Gasteiger partial charge in [-0.3, -0.25) is 14.4 Å². The topological polar surface area (TPSA) is 81.7 Å². The Hall–Kier alpha value is -3.15. The van der Waals surface area contributed by atoms with Gasteiger partial charge in [-0.25, -0.2) is 0 Å². The average molecular weight is 383 g/mol. The molecule has 0 aromatic heterocycles. The molecule has 1 atom stereocenters. The number of benzene rings is 2. The fraction of sp³-hybridized carbons (Fsp3) is 0.318. The van der Waals surface area contributed by atoms with Crippen molar-refractivity contribution in [3.8, 4) is 5.75 Å². The molecule has 0 aliphatic carbocycles. The number of aryl methyl sites for hydroxylation is 2. The lowest BCUT2D eigenvalue weighted by Gasteiger charge is -2.14. The summed E-state index contributed by atoms with van der Waals surface area (Å²) in [6.45, 7) is 5.26. The minimum Gasteiger partial charge on any atom is -0.497 e. The van der Waals surface area contributed by atoms with Gasteiger partial charge in [0.1, 0.15) is 5.75 Å². The van der Waals surface area contributed by atoms with E-state index in [0.717, 1.165) is 11.1 Å². The summed E-state index contributed by atoms with van der Waals surface area (Å²) in [5, 5.41) is 2.66. The Morgan fingerprint density at radius 3 is 2.32 bits per heavy atom. The Bertz CT molecular complexity index is 858. The number of anilines is 1. The van der Waals surface area contributed by atoms with E-state index in [1.54, 1.807) is 31.4 Å². The second-order valence-corrected chi connectivity index (χ2v) is 6.59. The third-order valence-corrected chi connectivity index (χ3v) is 4.28. The van der Waals surface area contributed by atoms with Crippen LogP contribution in [-0.2, 0) is 14.3 Å². The van der Waals surface area contributed by atoms with Crippen LogP contribution in [0.15, 0.2) is 42.5 Å². The SMILES string of the molecule is COc1ccc(NC(=O)[C@@H](C)OC(=O)CCC(=O)c2cc(C)ccc2C)cc1. The predicted molar refractivity (Wildman–Crippen MR) is 107 cm³/mol. The lowest BCUT2D eigenvalue weighted by atomic mass is 9.99. The number of hydrogen-bond acceptors (Lipinski definition) is 5. The van der Waals surface area contributed by atoms with Crippen LogP contribution in [0.5, 0.6) is 5.75 Å². The van der Waals surface area contributed by atoms with E-state index < -0.39 is 18.0 Å². The van der Waals surface area contributed by atoms with Crippen molar-refractivity contribution in [2.45, 2.75) is 39.7 Å². The van der Waals surface area contributed by atoms with Crippen LogP contribution in [0.4, 0.5) is 5.69 Å². The van der Waals surface area contributed by atoms with Crippen LogP contribution in [0.2, 0.25) is 0 Å². The number of carbonyl (C=O) groups excluding carboxylic acids is 3. The Morgan fingerprint density at radius 2 is 1.68 bits per heavy atom. The van der Waals surface area contributed by atoms with Gasteiger partial charge >= 0.3 is 5.97 Å². The zero-order valence-electron chi connectivity index (χ0n) is 16.6. The summed E-state index contributed by atoms with van der Waals surface area (Å²) in [5.74, 6) is -0.477. The van der Waals surface area contributed by atoms with Crippen LogP contribution in [0.1, 0.15) is 41.3 Å². The molecule has 0 radical (unpaired) electrons. The van der Waals surface area contributed by atoms with Crippen molar-refractivity contribution in [3.05, 3.63) is 59.2 Å². The molecule has 6 heteroatoms. The highest BCUT2D eigenvalue weighted by Crippen LogP contribution is 2.16. The van der Waals surface area contributed by atoms with Crippen molar-refractivity contribution < 1.29 is 23.9 Å². The van der Waals surface area contributed by atoms with Gasteiger partial charge in [-0.1, -0.05) is 17.7 Å². The molecular weight excluding hydrogens is 358 g/mol. The fourth-order valence-electron chi connectivity index (χ4n) is 2.61. The molecule has 148 valence electrons. The molecule has 0 unspecified atom stereocenters. The van der Waals surface area contributed by atoms with Crippen LogP contribution in [-0.4, -0.2) is 30.9 Å². The second-order valence-electron chi connectivity index (χ2n) is 6.59. The van der Waals surface area contributed by atoms with Gasteiger partial charge in [-0.2, -0.15) is 0 Å². The first-order chi connectivity index (χ1) is 13.3. The van der Waals surface area contributed by atoms with Crippen molar-refractivity contribution >= 4 is 23.3 Å². The summed E-state index contributed by atoms with van der Waals surface area (Å²) in [6, 6.07) is 12.4. The molecule has 0 saturated heterocycles. The van der Waals surface area contributed by atoms with Crippen molar-refractivity contribution in [1.82, 2.24) is 0 Å². The Balaban J connectivity index is 1.83. The average Bonchev–Trinajstić information content (AvgIpc) is 2.68. The summed E-state index contributed by atoms with van der Waals surface area (Å²) in [5.41, 5.74) is 3.04. The summed E-state index contributed by atoms with van der Waals surface area (Å²) < 4.78 is 10.2. The van der Waals surface area contributed by atoms with Gasteiger partial charge in [0, 0.05) is 17.7 Å². The smallest absolute Gasteiger partial charge is 0.307 e. The van der Waals surface area contributed by atoms with E-state index in [2.05, 4.69) is 5.32 Å². The highest BCUT2D eigenvalue weighted by Gasteiger charge is 2.19. The lowest BCUT2D eigenvalue weighted by Crippen LogP contribution is -2.30. The van der Waals surface area contributed by atoms with Crippen molar-refractivity contribution in [2.24, 2.45) is 0 Å². The minimum absolute atomic E-state index is 0.0376. The van der Waals surface area contributed by atoms with E-state index in [4.69, 9.17) is 9.47 Å². The number of methoxy groups -OCH3 is 1. The molecule has 1 N–H and O–H groups in total. The van der Waals surface area contributed by atoms with Crippen molar-refractivity contribution in [2.75, 3.05) is 12.4 Å². The number of esters is 1. The van der Waals surface area contributed by atoms with Crippen LogP contribution < -0.4 is 10.1 Å². The molecule has 0 bridgehead atoms. The molecule has 0 saturated carbocycles. The number of nitrogens with one attached hydrogen (secondary N) is 1. The first-order valence-electron chi connectivity index (χ1n) is 9.05. The van der Waals surface area contributed by atoms with Crippen LogP contribution in [0.3, 0.4) is 0 Å². The predicted octanol–water partition coefficient (Wildman–Crippen LogP) is 3.85. The second kappa shape index (κ2) is 9.69. The van der Waals surface area contributed by atoms with E-state index >= 15 is 0 Å². The van der Waals surface area contributed by atoms with Gasteiger partial charge in [-0.05, 0) is 56.7 Å². The molecule has 6 nitrogen and oxygen atoms in total. The number of ketones is 1. The summed E-state index contributed by atoms with van der Waals surface area (Å²) in [6.07, 6.45) is -1.01. The number of hydrogen-bond donors (Lipinski definition) is 1. The van der Waals surface area contributed by atoms with Crippen LogP contribution in [0.25, 0.3) is 0 Å². The van der Waals surface area contributed by atoms with Gasteiger partial charge < -0.3 is 14.8 Å². The first kappa shape index (κ1) is 21.2. The third-order valence-electron chi connectivity index (χ3n) is 4.28. The quantitative estimate of drug-likeness (QED) is 0.553. The number of ether oxygens (including phenoxy) is 2. The van der Waals surface area contributed by atoms with Crippen molar-refractivity contribution in [1.29, 1.82) is 0 Å². The van der Waals surface area contributed by atoms with E-state index in [1.165, 1.54) is 6.92 Å². The van der Waals surface area contributed by atoms with Crippen LogP contribution in [0, 0.1) is 13.8 Å². The van der Waals surface area contributed by atoms with E-state index in [-0.39, 0.29) is 18.6 Å². The molecule has 0 heterocycles. The molecule has 2 aromatic carbocycles. The van der Waals surface area contributed by atoms with Gasteiger partial charge in [0.2, 0.25) is 0 Å². The molecule has 2 rings (SSSR count). The Labute approximate surface area is 164 Å².